The van der Waals surface area contributed by atoms with Crippen LogP contribution in [0.25, 0.3) is 0 Å². The topological polar surface area (TPSA) is 26.3 Å². The van der Waals surface area contributed by atoms with Crippen LogP contribution in [0, 0.1) is 0 Å². The van der Waals surface area contributed by atoms with Gasteiger partial charge in [-0.15, -0.1) is 11.6 Å². The van der Waals surface area contributed by atoms with Gasteiger partial charge >= 0.3 is 5.97 Å². The Morgan fingerprint density at radius 2 is 1.88 bits per heavy atom. The first-order valence-corrected chi connectivity index (χ1v) is 6.03. The molecule has 0 unspecified atom stereocenters. The summed E-state index contributed by atoms with van der Waals surface area (Å²) in [5.41, 5.74) is 0. The average molecular weight is 243 g/mol. The molecule has 90 valence electrons. The molecule has 0 fully saturated rings. The number of carbonyl (C=O) groups excluding carboxylic acids is 1. The summed E-state index contributed by atoms with van der Waals surface area (Å²) < 4.78 is 4.98. The minimum atomic E-state index is -0.300. The highest BCUT2D eigenvalue weighted by molar-refractivity contribution is 6.17. The molecule has 0 aromatic heterocycles. The number of rotatable bonds is 9. The molecule has 0 heterocycles. The van der Waals surface area contributed by atoms with Crippen molar-refractivity contribution in [3.63, 3.8) is 0 Å². The van der Waals surface area contributed by atoms with E-state index in [4.69, 9.17) is 16.3 Å². The molecule has 0 aliphatic carbocycles. The van der Waals surface area contributed by atoms with Crippen molar-refractivity contribution < 1.29 is 9.53 Å². The van der Waals surface area contributed by atoms with Gasteiger partial charge in [0.2, 0.25) is 0 Å². The zero-order valence-corrected chi connectivity index (χ0v) is 10.3. The van der Waals surface area contributed by atoms with Gasteiger partial charge in [-0.2, -0.15) is 0 Å². The molecule has 0 atom stereocenters. The summed E-state index contributed by atoms with van der Waals surface area (Å²) in [7, 11) is 0. The van der Waals surface area contributed by atoms with Gasteiger partial charge in [0.25, 0.3) is 0 Å². The van der Waals surface area contributed by atoms with Gasteiger partial charge in [-0.1, -0.05) is 43.7 Å². The zero-order valence-electron chi connectivity index (χ0n) is 9.53. The molecule has 0 aliphatic heterocycles. The fraction of sp³-hybridized carbons (Fsp3) is 0.462. The Morgan fingerprint density at radius 3 is 2.56 bits per heavy atom. The van der Waals surface area contributed by atoms with Crippen molar-refractivity contribution in [2.24, 2.45) is 0 Å². The van der Waals surface area contributed by atoms with Crippen molar-refractivity contribution in [1.82, 2.24) is 0 Å². The van der Waals surface area contributed by atoms with E-state index in [2.05, 4.69) is 6.58 Å². The number of hydrogen-bond donors (Lipinski definition) is 0. The van der Waals surface area contributed by atoms with Gasteiger partial charge in [-0.25, -0.2) is 4.79 Å². The second-order valence-corrected chi connectivity index (χ2v) is 3.63. The van der Waals surface area contributed by atoms with Gasteiger partial charge in [-0.05, 0) is 12.8 Å². The molecule has 0 aliphatic rings. The first-order chi connectivity index (χ1) is 7.81. The minimum absolute atomic E-state index is 0.300. The summed E-state index contributed by atoms with van der Waals surface area (Å²) in [6.07, 6.45) is 12.2. The molecule has 2 nitrogen and oxygen atoms in total. The summed E-state index contributed by atoms with van der Waals surface area (Å²) in [5, 5.41) is 0. The molecule has 0 rings (SSSR count). The lowest BCUT2D eigenvalue weighted by atomic mass is 10.2. The number of unbranched alkanes of at least 4 members (excludes halogenated alkanes) is 3. The van der Waals surface area contributed by atoms with Crippen molar-refractivity contribution >= 4 is 17.6 Å². The van der Waals surface area contributed by atoms with Crippen molar-refractivity contribution in [3.05, 3.63) is 37.0 Å². The van der Waals surface area contributed by atoms with Crippen molar-refractivity contribution in [3.8, 4) is 0 Å². The molecular formula is C13H19ClO2. The van der Waals surface area contributed by atoms with Crippen LogP contribution in [0.4, 0.5) is 0 Å². The van der Waals surface area contributed by atoms with Crippen LogP contribution in [0.15, 0.2) is 37.0 Å². The summed E-state index contributed by atoms with van der Waals surface area (Å²) in [6.45, 7) is 4.00. The van der Waals surface area contributed by atoms with Crippen LogP contribution in [-0.4, -0.2) is 18.5 Å². The predicted octanol–water partition coefficient (Wildman–Crippen LogP) is 3.63. The molecule has 3 heteroatoms. The number of halogens is 1. The van der Waals surface area contributed by atoms with Gasteiger partial charge in [0.15, 0.2) is 0 Å². The highest BCUT2D eigenvalue weighted by Gasteiger charge is 1.95. The molecule has 0 saturated heterocycles. The second kappa shape index (κ2) is 12.1. The lowest BCUT2D eigenvalue weighted by Gasteiger charge is -2.00. The third kappa shape index (κ3) is 11.1. The van der Waals surface area contributed by atoms with Crippen molar-refractivity contribution in [1.29, 1.82) is 0 Å². The molecule has 0 radical (unpaired) electrons. The number of ether oxygens (including phenoxy) is 1. The van der Waals surface area contributed by atoms with E-state index in [1.807, 2.05) is 0 Å². The smallest absolute Gasteiger partial charge is 0.330 e. The molecule has 0 N–H and O–H groups in total. The summed E-state index contributed by atoms with van der Waals surface area (Å²) in [5.74, 6) is 0.407. The zero-order chi connectivity index (χ0) is 12.1. The van der Waals surface area contributed by atoms with E-state index >= 15 is 0 Å². The maximum absolute atomic E-state index is 11.1. The number of hydrogen-bond acceptors (Lipinski definition) is 2. The van der Waals surface area contributed by atoms with E-state index in [1.165, 1.54) is 6.08 Å². The lowest BCUT2D eigenvalue weighted by Crippen LogP contribution is -2.02. The quantitative estimate of drug-likeness (QED) is 0.203. The molecule has 0 aromatic carbocycles. The number of allylic oxidation sites excluding steroid dienone is 4. The Labute approximate surface area is 103 Å². The number of esters is 1. The van der Waals surface area contributed by atoms with Crippen molar-refractivity contribution in [2.45, 2.75) is 25.7 Å². The second-order valence-electron chi connectivity index (χ2n) is 3.25. The van der Waals surface area contributed by atoms with Crippen LogP contribution in [0.5, 0.6) is 0 Å². The number of alkyl halides is 1. The predicted molar refractivity (Wildman–Crippen MR) is 68.6 cm³/mol. The van der Waals surface area contributed by atoms with E-state index < -0.39 is 0 Å². The average Bonchev–Trinajstić information content (AvgIpc) is 2.29. The van der Waals surface area contributed by atoms with Gasteiger partial charge in [0.05, 0.1) is 6.61 Å². The maximum Gasteiger partial charge on any atom is 0.330 e. The Bertz CT molecular complexity index is 244. The Kier molecular flexibility index (Phi) is 11.3. The number of carbonyl (C=O) groups is 1. The maximum atomic E-state index is 11.1. The van der Waals surface area contributed by atoms with Crippen LogP contribution in [0.1, 0.15) is 25.7 Å². The standard InChI is InChI=1S/C13H19ClO2/c1-2-3-4-7-10-13(15)16-12-9-6-5-8-11-14/h2-4,7,10H,1,5-6,8-9,11-12H2. The van der Waals surface area contributed by atoms with E-state index in [1.54, 1.807) is 24.3 Å². The van der Waals surface area contributed by atoms with E-state index in [-0.39, 0.29) is 5.97 Å². The third-order valence-electron chi connectivity index (χ3n) is 1.86. The van der Waals surface area contributed by atoms with Crippen LogP contribution in [0.3, 0.4) is 0 Å². The normalized spacial score (nSPS) is 11.1. The molecule has 16 heavy (non-hydrogen) atoms. The molecular weight excluding hydrogens is 224 g/mol. The van der Waals surface area contributed by atoms with E-state index in [0.717, 1.165) is 25.7 Å². The SMILES string of the molecule is C=CC=CC=CC(=O)OCCCCCCCl. The molecule has 0 amide bonds. The molecule has 0 bridgehead atoms. The van der Waals surface area contributed by atoms with Gasteiger partial charge in [0.1, 0.15) is 0 Å². The fourth-order valence-electron chi connectivity index (χ4n) is 1.05. The first kappa shape index (κ1) is 15.0. The minimum Gasteiger partial charge on any atom is -0.463 e. The van der Waals surface area contributed by atoms with Crippen molar-refractivity contribution in [2.75, 3.05) is 12.5 Å². The van der Waals surface area contributed by atoms with Crippen LogP contribution < -0.4 is 0 Å². The third-order valence-corrected chi connectivity index (χ3v) is 2.13. The van der Waals surface area contributed by atoms with Gasteiger partial charge < -0.3 is 4.74 Å². The molecule has 0 aromatic rings. The first-order valence-electron chi connectivity index (χ1n) is 5.49. The Hall–Kier alpha value is -1.02. The summed E-state index contributed by atoms with van der Waals surface area (Å²) in [6, 6.07) is 0. The Balaban J connectivity index is 3.40. The summed E-state index contributed by atoms with van der Waals surface area (Å²) in [4.78, 5) is 11.1. The largest absolute Gasteiger partial charge is 0.463 e. The highest BCUT2D eigenvalue weighted by Crippen LogP contribution is 2.01. The van der Waals surface area contributed by atoms with Gasteiger partial charge in [-0.3, -0.25) is 0 Å². The van der Waals surface area contributed by atoms with Gasteiger partial charge in [0, 0.05) is 12.0 Å². The lowest BCUT2D eigenvalue weighted by molar-refractivity contribution is -0.137. The van der Waals surface area contributed by atoms with E-state index in [0.29, 0.717) is 12.5 Å². The summed E-state index contributed by atoms with van der Waals surface area (Å²) >= 11 is 5.54. The van der Waals surface area contributed by atoms with Crippen LogP contribution >= 0.6 is 11.6 Å². The fourth-order valence-corrected chi connectivity index (χ4v) is 1.24. The molecule has 0 spiro atoms. The molecule has 0 saturated carbocycles. The van der Waals surface area contributed by atoms with Crippen LogP contribution in [-0.2, 0) is 9.53 Å². The highest BCUT2D eigenvalue weighted by atomic mass is 35.5. The van der Waals surface area contributed by atoms with E-state index in [9.17, 15) is 4.79 Å². The Morgan fingerprint density at radius 1 is 1.12 bits per heavy atom. The monoisotopic (exact) mass is 242 g/mol. The van der Waals surface area contributed by atoms with Crippen LogP contribution in [0.2, 0.25) is 0 Å².